The molecule has 0 aromatic heterocycles. The van der Waals surface area contributed by atoms with Crippen LogP contribution in [0.25, 0.3) is 0 Å². The zero-order chi connectivity index (χ0) is 31.5. The summed E-state index contributed by atoms with van der Waals surface area (Å²) in [6.07, 6.45) is -2.04. The van der Waals surface area contributed by atoms with Crippen LogP contribution < -0.4 is 21.7 Å². The number of rotatable bonds is 7. The van der Waals surface area contributed by atoms with Crippen LogP contribution in [0.3, 0.4) is 0 Å². The lowest BCUT2D eigenvalue weighted by atomic mass is 9.93. The lowest BCUT2D eigenvalue weighted by Crippen LogP contribution is -2.37. The highest BCUT2D eigenvalue weighted by Gasteiger charge is 2.32. The molecule has 1 unspecified atom stereocenters. The minimum Gasteiger partial charge on any atom is -0.404 e. The van der Waals surface area contributed by atoms with E-state index in [0.29, 0.717) is 34.1 Å². The van der Waals surface area contributed by atoms with E-state index in [2.05, 4.69) is 25.9 Å². The number of fused-ring (bicyclic) bond motifs is 1. The molecule has 0 radical (unpaired) electrons. The van der Waals surface area contributed by atoms with Crippen molar-refractivity contribution >= 4 is 41.2 Å². The molecule has 2 aromatic carbocycles. The van der Waals surface area contributed by atoms with Crippen LogP contribution >= 0.6 is 11.6 Å². The number of benzene rings is 2. The maximum atomic E-state index is 14.1. The van der Waals surface area contributed by atoms with Gasteiger partial charge in [0.15, 0.2) is 0 Å². The van der Waals surface area contributed by atoms with Crippen molar-refractivity contribution in [3.8, 4) is 0 Å². The second kappa shape index (κ2) is 13.0. The number of hydrogen-bond acceptors (Lipinski definition) is 6. The Hall–Kier alpha value is -4.19. The number of nitrogens with zero attached hydrogens (tertiary/aromatic N) is 3. The third kappa shape index (κ3) is 7.61. The number of carbonyl (C=O) groups is 1. The van der Waals surface area contributed by atoms with Crippen molar-refractivity contribution in [3.63, 3.8) is 0 Å². The summed E-state index contributed by atoms with van der Waals surface area (Å²) in [6, 6.07) is 7.74. The molecule has 228 valence electrons. The van der Waals surface area contributed by atoms with Gasteiger partial charge in [-0.05, 0) is 54.7 Å². The van der Waals surface area contributed by atoms with Crippen molar-refractivity contribution in [3.05, 3.63) is 86.5 Å². The third-order valence-electron chi connectivity index (χ3n) is 7.05. The van der Waals surface area contributed by atoms with Crippen LogP contribution in [0.1, 0.15) is 55.0 Å². The molecule has 13 heteroatoms. The van der Waals surface area contributed by atoms with E-state index in [1.807, 2.05) is 32.0 Å². The minimum absolute atomic E-state index is 0.169. The van der Waals surface area contributed by atoms with E-state index in [0.717, 1.165) is 29.2 Å². The van der Waals surface area contributed by atoms with Crippen LogP contribution in [-0.4, -0.2) is 43.2 Å². The van der Waals surface area contributed by atoms with Gasteiger partial charge in [-0.3, -0.25) is 9.79 Å². The molecule has 8 nitrogen and oxygen atoms in total. The zero-order valence-corrected chi connectivity index (χ0v) is 24.8. The average molecular weight is 618 g/mol. The Morgan fingerprint density at radius 3 is 2.63 bits per heavy atom. The highest BCUT2D eigenvalue weighted by molar-refractivity contribution is 6.31. The van der Waals surface area contributed by atoms with Crippen LogP contribution in [0.2, 0.25) is 5.02 Å². The smallest absolute Gasteiger partial charge is 0.404 e. The quantitative estimate of drug-likeness (QED) is 0.231. The number of halogens is 5. The molecule has 2 heterocycles. The maximum Gasteiger partial charge on any atom is 0.407 e. The fraction of sp³-hybridized carbons (Fsp3) is 0.333. The first-order valence-corrected chi connectivity index (χ1v) is 13.9. The molecule has 0 fully saturated rings. The number of carbonyl (C=O) groups excluding carboxylic acids is 1. The van der Waals surface area contributed by atoms with Gasteiger partial charge < -0.3 is 21.7 Å². The molecule has 43 heavy (non-hydrogen) atoms. The van der Waals surface area contributed by atoms with Gasteiger partial charge in [0.2, 0.25) is 5.96 Å². The first kappa shape index (κ1) is 31.7. The molecule has 2 aromatic rings. The van der Waals surface area contributed by atoms with Crippen molar-refractivity contribution in [2.45, 2.75) is 52.3 Å². The highest BCUT2D eigenvalue weighted by atomic mass is 35.5. The molecular weight excluding hydrogens is 586 g/mol. The summed E-state index contributed by atoms with van der Waals surface area (Å²) in [6.45, 7) is 5.93. The predicted molar refractivity (Wildman–Crippen MR) is 162 cm³/mol. The van der Waals surface area contributed by atoms with E-state index in [1.54, 1.807) is 19.9 Å². The number of alkyl halides is 3. The molecule has 2 aliphatic rings. The Labute approximate surface area is 251 Å². The Bertz CT molecular complexity index is 1570. The summed E-state index contributed by atoms with van der Waals surface area (Å²) in [5, 5.41) is 9.35. The number of nitrogens with one attached hydrogen (secondary N) is 3. The van der Waals surface area contributed by atoms with E-state index < -0.39 is 24.7 Å². The molecular formula is C30H32ClF4N7O. The highest BCUT2D eigenvalue weighted by Crippen LogP contribution is 2.37. The van der Waals surface area contributed by atoms with Crippen LogP contribution in [-0.2, 0) is 11.2 Å². The van der Waals surface area contributed by atoms with Gasteiger partial charge in [-0.15, -0.1) is 0 Å². The molecule has 0 saturated heterocycles. The summed E-state index contributed by atoms with van der Waals surface area (Å²) in [5.74, 6) is 0.150. The Kier molecular flexibility index (Phi) is 9.59. The lowest BCUT2D eigenvalue weighted by molar-refractivity contribution is -0.118. The molecule has 0 spiro atoms. The number of guanidine groups is 1. The molecule has 5 N–H and O–H groups in total. The van der Waals surface area contributed by atoms with Crippen LogP contribution in [0.5, 0.6) is 0 Å². The van der Waals surface area contributed by atoms with Crippen LogP contribution in [0, 0.1) is 12.7 Å². The molecule has 1 atom stereocenters. The van der Waals surface area contributed by atoms with Gasteiger partial charge in [0.05, 0.1) is 5.57 Å². The van der Waals surface area contributed by atoms with Gasteiger partial charge >= 0.3 is 6.18 Å². The standard InChI is InChI=1S/C30H32ClF4N7O/c1-15(2)19-5-6-20(22(31)9-19)27-26(28(43)38-13-18(11-36)12-37-14-30(33,34)35)17(4)39-29(42-27)41-25-10-21-16(3)23(32)7-8-24(21)40-25/h5-9,11-12,15,27H,10,13-14,36H2,1-4H3,(H,38,43)(H2,39,40,41,42). The first-order chi connectivity index (χ1) is 20.3. The van der Waals surface area contributed by atoms with Crippen molar-refractivity contribution in [1.82, 2.24) is 10.6 Å². The minimum atomic E-state index is -4.46. The van der Waals surface area contributed by atoms with Gasteiger partial charge in [0, 0.05) is 52.9 Å². The average Bonchev–Trinajstić information content (AvgIpc) is 3.34. The number of allylic oxidation sites excluding steroid dienone is 1. The van der Waals surface area contributed by atoms with E-state index in [9.17, 15) is 22.4 Å². The molecule has 0 saturated carbocycles. The number of anilines is 1. The normalized spacial score (nSPS) is 18.2. The topological polar surface area (TPSA) is 116 Å². The van der Waals surface area contributed by atoms with Gasteiger partial charge in [0.25, 0.3) is 5.91 Å². The molecule has 0 bridgehead atoms. The van der Waals surface area contributed by atoms with Gasteiger partial charge in [-0.25, -0.2) is 9.38 Å². The number of hydrogen-bond donors (Lipinski definition) is 4. The Morgan fingerprint density at radius 2 is 1.98 bits per heavy atom. The van der Waals surface area contributed by atoms with Gasteiger partial charge in [-0.1, -0.05) is 37.6 Å². The number of nitrogens with two attached hydrogens (primary N) is 1. The van der Waals surface area contributed by atoms with E-state index >= 15 is 0 Å². The summed E-state index contributed by atoms with van der Waals surface area (Å²) < 4.78 is 51.5. The summed E-state index contributed by atoms with van der Waals surface area (Å²) in [5.41, 5.74) is 10.1. The predicted octanol–water partition coefficient (Wildman–Crippen LogP) is 5.84. The van der Waals surface area contributed by atoms with E-state index in [-0.39, 0.29) is 35.4 Å². The Morgan fingerprint density at radius 1 is 1.23 bits per heavy atom. The first-order valence-electron chi connectivity index (χ1n) is 13.5. The summed E-state index contributed by atoms with van der Waals surface area (Å²) >= 11 is 6.72. The Balaban J connectivity index is 1.63. The fourth-order valence-corrected chi connectivity index (χ4v) is 4.98. The van der Waals surface area contributed by atoms with Crippen molar-refractivity contribution < 1.29 is 22.4 Å². The maximum absolute atomic E-state index is 14.1. The fourth-order valence-electron chi connectivity index (χ4n) is 4.69. The van der Waals surface area contributed by atoms with E-state index in [4.69, 9.17) is 22.3 Å². The SMILES string of the molecule is CC1=C(C(=O)NCC(C=NCC(F)(F)F)=CN)C(c2ccc(C(C)C)cc2Cl)N=C(N=C2Cc3c(ccc(F)c3C)N2)N1. The number of amides is 1. The molecule has 1 amide bonds. The number of aliphatic imine (C=N–C) groups is 3. The van der Waals surface area contributed by atoms with Gasteiger partial charge in [0.1, 0.15) is 24.2 Å². The third-order valence-corrected chi connectivity index (χ3v) is 7.38. The van der Waals surface area contributed by atoms with Gasteiger partial charge in [-0.2, -0.15) is 18.2 Å². The summed E-state index contributed by atoms with van der Waals surface area (Å²) in [7, 11) is 0. The van der Waals surface area contributed by atoms with Crippen LogP contribution in [0.15, 0.2) is 68.4 Å². The second-order valence-electron chi connectivity index (χ2n) is 10.5. The van der Waals surface area contributed by atoms with Crippen LogP contribution in [0.4, 0.5) is 23.2 Å². The second-order valence-corrected chi connectivity index (χ2v) is 10.9. The molecule has 2 aliphatic heterocycles. The lowest BCUT2D eigenvalue weighted by Gasteiger charge is -2.26. The van der Waals surface area contributed by atoms with Crippen molar-refractivity contribution in [2.75, 3.05) is 18.4 Å². The number of amidine groups is 1. The van der Waals surface area contributed by atoms with E-state index in [1.165, 1.54) is 6.07 Å². The monoisotopic (exact) mass is 617 g/mol. The van der Waals surface area contributed by atoms with Crippen molar-refractivity contribution in [2.24, 2.45) is 20.7 Å². The zero-order valence-electron chi connectivity index (χ0n) is 24.0. The molecule has 4 rings (SSSR count). The van der Waals surface area contributed by atoms with Crippen molar-refractivity contribution in [1.29, 1.82) is 0 Å². The largest absolute Gasteiger partial charge is 0.407 e. The summed E-state index contributed by atoms with van der Waals surface area (Å²) in [4.78, 5) is 26.2. The molecule has 0 aliphatic carbocycles.